The quantitative estimate of drug-likeness (QED) is 0.883. The van der Waals surface area contributed by atoms with E-state index < -0.39 is 12.6 Å². The number of carbonyl (C=O) groups excluding carboxylic acids is 1. The fourth-order valence-electron chi connectivity index (χ4n) is 2.40. The molecule has 3 rings (SSSR count). The Kier molecular flexibility index (Phi) is 4.35. The third-order valence-corrected chi connectivity index (χ3v) is 3.43. The molecule has 0 atom stereocenters. The van der Waals surface area contributed by atoms with Crippen LogP contribution in [-0.2, 0) is 19.5 Å². The minimum absolute atomic E-state index is 0.0324. The van der Waals surface area contributed by atoms with Gasteiger partial charge < -0.3 is 19.9 Å². The van der Waals surface area contributed by atoms with E-state index in [1.807, 2.05) is 4.57 Å². The summed E-state index contributed by atoms with van der Waals surface area (Å²) in [6, 6.07) is 5.25. The number of aryl methyl sites for hydroxylation is 1. The van der Waals surface area contributed by atoms with Gasteiger partial charge in [-0.3, -0.25) is 0 Å². The highest BCUT2D eigenvalue weighted by Crippen LogP contribution is 2.17. The molecule has 1 aromatic carbocycles. The van der Waals surface area contributed by atoms with Crippen molar-refractivity contribution in [3.8, 4) is 5.75 Å². The number of rotatable bonds is 5. The van der Waals surface area contributed by atoms with Crippen LogP contribution >= 0.6 is 0 Å². The maximum Gasteiger partial charge on any atom is 0.387 e. The number of hydrogen-bond donors (Lipinski definition) is 2. The van der Waals surface area contributed by atoms with Crippen molar-refractivity contribution >= 4 is 11.7 Å². The Morgan fingerprint density at radius 2 is 2.09 bits per heavy atom. The summed E-state index contributed by atoms with van der Waals surface area (Å²) in [4.78, 5) is 11.8. The molecular weight excluding hydrogens is 308 g/mol. The minimum atomic E-state index is -2.87. The van der Waals surface area contributed by atoms with Crippen LogP contribution in [0.3, 0.4) is 0 Å². The summed E-state index contributed by atoms with van der Waals surface area (Å²) in [7, 11) is 0. The number of fused-ring (bicyclic) bond motifs is 1. The Labute approximate surface area is 130 Å². The summed E-state index contributed by atoms with van der Waals surface area (Å²) >= 11 is 0. The summed E-state index contributed by atoms with van der Waals surface area (Å²) in [6.07, 6.45) is 1.95. The van der Waals surface area contributed by atoms with Gasteiger partial charge in [-0.2, -0.15) is 8.78 Å². The lowest BCUT2D eigenvalue weighted by Crippen LogP contribution is -2.29. The Morgan fingerprint density at radius 1 is 1.30 bits per heavy atom. The third-order valence-electron chi connectivity index (χ3n) is 3.43. The van der Waals surface area contributed by atoms with Crippen LogP contribution < -0.4 is 15.4 Å². The van der Waals surface area contributed by atoms with E-state index in [0.717, 1.165) is 25.2 Å². The number of anilines is 1. The Bertz CT molecular complexity index is 687. The zero-order valence-corrected chi connectivity index (χ0v) is 12.1. The lowest BCUT2D eigenvalue weighted by atomic mass is 10.3. The standard InChI is InChI=1S/C14H15F2N5O2/c15-13(16)23-10-5-3-9(4-6-10)18-14(22)17-8-12-20-19-11-2-1-7-21(11)12/h3-6,13H,1-2,7-8H2,(H2,17,18,22). The van der Waals surface area contributed by atoms with Crippen LogP contribution in [0.5, 0.6) is 5.75 Å². The smallest absolute Gasteiger partial charge is 0.387 e. The second kappa shape index (κ2) is 6.59. The van der Waals surface area contributed by atoms with E-state index in [1.165, 1.54) is 24.3 Å². The molecule has 2 aromatic rings. The van der Waals surface area contributed by atoms with Crippen molar-refractivity contribution in [3.05, 3.63) is 35.9 Å². The molecule has 2 N–H and O–H groups in total. The molecule has 0 fully saturated rings. The first-order chi connectivity index (χ1) is 11.1. The highest BCUT2D eigenvalue weighted by Gasteiger charge is 2.17. The molecule has 9 heteroatoms. The maximum absolute atomic E-state index is 12.0. The molecule has 0 saturated carbocycles. The van der Waals surface area contributed by atoms with Crippen LogP contribution in [0.2, 0.25) is 0 Å². The van der Waals surface area contributed by atoms with E-state index in [0.29, 0.717) is 11.5 Å². The van der Waals surface area contributed by atoms with Crippen LogP contribution in [0.15, 0.2) is 24.3 Å². The van der Waals surface area contributed by atoms with Crippen LogP contribution in [0, 0.1) is 0 Å². The minimum Gasteiger partial charge on any atom is -0.435 e. The first kappa shape index (κ1) is 15.2. The molecule has 0 radical (unpaired) electrons. The van der Waals surface area contributed by atoms with E-state index in [2.05, 4.69) is 25.6 Å². The number of benzene rings is 1. The first-order valence-corrected chi connectivity index (χ1v) is 7.12. The summed E-state index contributed by atoms with van der Waals surface area (Å²) in [5.74, 6) is 1.69. The zero-order valence-electron chi connectivity index (χ0n) is 12.1. The van der Waals surface area contributed by atoms with Crippen molar-refractivity contribution in [1.29, 1.82) is 0 Å². The van der Waals surface area contributed by atoms with Crippen LogP contribution in [-0.4, -0.2) is 27.4 Å². The predicted octanol–water partition coefficient (Wildman–Crippen LogP) is 2.15. The summed E-state index contributed by atoms with van der Waals surface area (Å²) < 4.78 is 30.3. The zero-order chi connectivity index (χ0) is 16.2. The molecule has 0 spiro atoms. The molecule has 0 unspecified atom stereocenters. The molecule has 2 heterocycles. The fourth-order valence-corrected chi connectivity index (χ4v) is 2.40. The van der Waals surface area contributed by atoms with E-state index >= 15 is 0 Å². The lowest BCUT2D eigenvalue weighted by Gasteiger charge is -2.09. The van der Waals surface area contributed by atoms with Gasteiger partial charge in [0.15, 0.2) is 5.82 Å². The molecule has 122 valence electrons. The summed E-state index contributed by atoms with van der Waals surface area (Å²) in [6.45, 7) is -1.74. The van der Waals surface area contributed by atoms with Gasteiger partial charge in [0.05, 0.1) is 6.54 Å². The number of alkyl halides is 2. The largest absolute Gasteiger partial charge is 0.435 e. The fraction of sp³-hybridized carbons (Fsp3) is 0.357. The molecule has 2 amide bonds. The number of carbonyl (C=O) groups is 1. The maximum atomic E-state index is 12.0. The van der Waals surface area contributed by atoms with Crippen molar-refractivity contribution in [3.63, 3.8) is 0 Å². The lowest BCUT2D eigenvalue weighted by molar-refractivity contribution is -0.0498. The summed E-state index contributed by atoms with van der Waals surface area (Å²) in [5, 5.41) is 13.4. The van der Waals surface area contributed by atoms with Crippen molar-refractivity contribution in [2.75, 3.05) is 5.32 Å². The second-order valence-corrected chi connectivity index (χ2v) is 5.00. The number of hydrogen-bond acceptors (Lipinski definition) is 4. The number of amides is 2. The second-order valence-electron chi connectivity index (χ2n) is 5.00. The number of halogens is 2. The van der Waals surface area contributed by atoms with E-state index in [4.69, 9.17) is 0 Å². The number of urea groups is 1. The monoisotopic (exact) mass is 323 g/mol. The highest BCUT2D eigenvalue weighted by molar-refractivity contribution is 5.89. The molecule has 7 nitrogen and oxygen atoms in total. The molecular formula is C14H15F2N5O2. The molecule has 0 bridgehead atoms. The van der Waals surface area contributed by atoms with E-state index in [1.54, 1.807) is 0 Å². The van der Waals surface area contributed by atoms with Gasteiger partial charge in [-0.25, -0.2) is 4.79 Å². The third kappa shape index (κ3) is 3.74. The number of nitrogens with zero attached hydrogens (tertiary/aromatic N) is 3. The Hall–Kier alpha value is -2.71. The Balaban J connectivity index is 1.51. The van der Waals surface area contributed by atoms with Gasteiger partial charge in [0.1, 0.15) is 11.6 Å². The molecule has 23 heavy (non-hydrogen) atoms. The van der Waals surface area contributed by atoms with Crippen molar-refractivity contribution < 1.29 is 18.3 Å². The van der Waals surface area contributed by atoms with Crippen LogP contribution in [0.1, 0.15) is 18.1 Å². The van der Waals surface area contributed by atoms with Gasteiger partial charge in [-0.1, -0.05) is 0 Å². The number of ether oxygens (including phenoxy) is 1. The van der Waals surface area contributed by atoms with Crippen LogP contribution in [0.25, 0.3) is 0 Å². The highest BCUT2D eigenvalue weighted by atomic mass is 19.3. The molecule has 0 aliphatic carbocycles. The molecule has 1 aliphatic rings. The topological polar surface area (TPSA) is 81.1 Å². The SMILES string of the molecule is O=C(NCc1nnc2n1CCC2)Nc1ccc(OC(F)F)cc1. The average molecular weight is 323 g/mol. The van der Waals surface area contributed by atoms with Gasteiger partial charge in [0.2, 0.25) is 0 Å². The molecule has 1 aliphatic heterocycles. The molecule has 1 aromatic heterocycles. The van der Waals surface area contributed by atoms with Gasteiger partial charge in [0.25, 0.3) is 0 Å². The van der Waals surface area contributed by atoms with Crippen LogP contribution in [0.4, 0.5) is 19.3 Å². The molecule has 0 saturated heterocycles. The first-order valence-electron chi connectivity index (χ1n) is 7.12. The van der Waals surface area contributed by atoms with Crippen molar-refractivity contribution in [2.45, 2.75) is 32.5 Å². The van der Waals surface area contributed by atoms with Crippen molar-refractivity contribution in [1.82, 2.24) is 20.1 Å². The summed E-state index contributed by atoms with van der Waals surface area (Å²) in [5.41, 5.74) is 0.468. The van der Waals surface area contributed by atoms with E-state index in [-0.39, 0.29) is 12.3 Å². The predicted molar refractivity (Wildman–Crippen MR) is 77.3 cm³/mol. The normalized spacial score (nSPS) is 13.0. The van der Waals surface area contributed by atoms with Gasteiger partial charge in [-0.15, -0.1) is 10.2 Å². The van der Waals surface area contributed by atoms with Gasteiger partial charge >= 0.3 is 12.6 Å². The average Bonchev–Trinajstić information content (AvgIpc) is 3.10. The number of nitrogens with one attached hydrogen (secondary N) is 2. The Morgan fingerprint density at radius 3 is 2.83 bits per heavy atom. The van der Waals surface area contributed by atoms with Gasteiger partial charge in [-0.05, 0) is 30.7 Å². The van der Waals surface area contributed by atoms with Crippen molar-refractivity contribution in [2.24, 2.45) is 0 Å². The number of aromatic nitrogens is 3. The van der Waals surface area contributed by atoms with Gasteiger partial charge in [0, 0.05) is 18.7 Å². The van der Waals surface area contributed by atoms with E-state index in [9.17, 15) is 13.6 Å².